The first kappa shape index (κ1) is 15.0. The monoisotopic (exact) mass is 292 g/mol. The van der Waals surface area contributed by atoms with E-state index in [1.807, 2.05) is 20.8 Å². The number of hydrogen-bond donors (Lipinski definition) is 2. The average Bonchev–Trinajstić information content (AvgIpc) is 2.88. The minimum atomic E-state index is -0.234. The van der Waals surface area contributed by atoms with Gasteiger partial charge in [0.15, 0.2) is 11.5 Å². The molecule has 0 aliphatic carbocycles. The van der Waals surface area contributed by atoms with Crippen molar-refractivity contribution in [2.24, 2.45) is 0 Å². The summed E-state index contributed by atoms with van der Waals surface area (Å²) in [6, 6.07) is 3.40. The number of amides is 2. The zero-order valence-corrected chi connectivity index (χ0v) is 12.5. The van der Waals surface area contributed by atoms with Gasteiger partial charge in [0.1, 0.15) is 0 Å². The number of fused-ring (bicyclic) bond motifs is 1. The second-order valence-corrected chi connectivity index (χ2v) is 4.63. The average molecular weight is 292 g/mol. The van der Waals surface area contributed by atoms with E-state index in [1.165, 1.54) is 0 Å². The Labute approximate surface area is 122 Å². The van der Waals surface area contributed by atoms with Crippen molar-refractivity contribution in [2.45, 2.75) is 39.8 Å². The third kappa shape index (κ3) is 3.80. The third-order valence-corrected chi connectivity index (χ3v) is 2.99. The number of carbonyl (C=O) groups excluding carboxylic acids is 1. The zero-order chi connectivity index (χ0) is 15.2. The van der Waals surface area contributed by atoms with Crippen molar-refractivity contribution in [3.8, 4) is 5.88 Å². The van der Waals surface area contributed by atoms with E-state index in [0.29, 0.717) is 24.0 Å². The van der Waals surface area contributed by atoms with Gasteiger partial charge in [-0.3, -0.25) is 0 Å². The van der Waals surface area contributed by atoms with Crippen molar-refractivity contribution in [3.63, 3.8) is 0 Å². The molecule has 0 aliphatic rings. The fourth-order valence-electron chi connectivity index (χ4n) is 1.69. The van der Waals surface area contributed by atoms with Gasteiger partial charge in [-0.2, -0.15) is 4.52 Å². The van der Waals surface area contributed by atoms with Gasteiger partial charge < -0.3 is 15.4 Å². The molecule has 0 saturated carbocycles. The Kier molecular flexibility index (Phi) is 4.91. The van der Waals surface area contributed by atoms with E-state index >= 15 is 0 Å². The highest BCUT2D eigenvalue weighted by atomic mass is 16.5. The highest BCUT2D eigenvalue weighted by Gasteiger charge is 2.10. The molecule has 8 nitrogen and oxygen atoms in total. The number of carbonyl (C=O) groups is 1. The van der Waals surface area contributed by atoms with Crippen LogP contribution in [0.25, 0.3) is 5.65 Å². The van der Waals surface area contributed by atoms with Gasteiger partial charge in [-0.25, -0.2) is 4.79 Å². The quantitative estimate of drug-likeness (QED) is 0.832. The molecule has 0 radical (unpaired) electrons. The number of ether oxygens (including phenoxy) is 1. The lowest BCUT2D eigenvalue weighted by molar-refractivity contribution is 0.236. The fourth-order valence-corrected chi connectivity index (χ4v) is 1.69. The maximum absolute atomic E-state index is 11.7. The van der Waals surface area contributed by atoms with E-state index in [2.05, 4.69) is 25.9 Å². The van der Waals surface area contributed by atoms with Gasteiger partial charge in [-0.1, -0.05) is 6.92 Å². The molecule has 0 unspecified atom stereocenters. The third-order valence-electron chi connectivity index (χ3n) is 2.99. The van der Waals surface area contributed by atoms with Gasteiger partial charge in [0.2, 0.25) is 5.88 Å². The van der Waals surface area contributed by atoms with Crippen LogP contribution in [-0.4, -0.2) is 38.5 Å². The Balaban J connectivity index is 2.04. The topological polar surface area (TPSA) is 93.4 Å². The van der Waals surface area contributed by atoms with Crippen LogP contribution in [0, 0.1) is 0 Å². The Morgan fingerprint density at radius 2 is 2.19 bits per heavy atom. The molecule has 114 valence electrons. The summed E-state index contributed by atoms with van der Waals surface area (Å²) < 4.78 is 6.91. The van der Waals surface area contributed by atoms with Crippen molar-refractivity contribution in [1.82, 2.24) is 30.4 Å². The number of hydrogen-bond acceptors (Lipinski definition) is 5. The van der Waals surface area contributed by atoms with E-state index in [-0.39, 0.29) is 18.6 Å². The maximum Gasteiger partial charge on any atom is 0.315 e. The molecule has 2 amide bonds. The summed E-state index contributed by atoms with van der Waals surface area (Å²) >= 11 is 0. The minimum Gasteiger partial charge on any atom is -0.477 e. The maximum atomic E-state index is 11.7. The van der Waals surface area contributed by atoms with Gasteiger partial charge >= 0.3 is 6.03 Å². The lowest BCUT2D eigenvalue weighted by Crippen LogP contribution is -2.40. The number of nitrogens with one attached hydrogen (secondary N) is 2. The second kappa shape index (κ2) is 6.87. The summed E-state index contributed by atoms with van der Waals surface area (Å²) in [7, 11) is 0. The summed E-state index contributed by atoms with van der Waals surface area (Å²) in [6.07, 6.45) is 0.876. The van der Waals surface area contributed by atoms with Crippen LogP contribution in [-0.2, 0) is 6.54 Å². The molecule has 0 spiro atoms. The van der Waals surface area contributed by atoms with Crippen LogP contribution < -0.4 is 15.4 Å². The smallest absolute Gasteiger partial charge is 0.315 e. The second-order valence-electron chi connectivity index (χ2n) is 4.63. The van der Waals surface area contributed by atoms with Crippen molar-refractivity contribution < 1.29 is 9.53 Å². The van der Waals surface area contributed by atoms with Crippen molar-refractivity contribution in [3.05, 3.63) is 18.0 Å². The molecular weight excluding hydrogens is 272 g/mol. The lowest BCUT2D eigenvalue weighted by atomic mass is 10.3. The summed E-state index contributed by atoms with van der Waals surface area (Å²) in [6.45, 7) is 6.62. The molecular formula is C13H20N6O2. The van der Waals surface area contributed by atoms with Crippen LogP contribution in [0.1, 0.15) is 33.0 Å². The van der Waals surface area contributed by atoms with E-state index in [9.17, 15) is 4.79 Å². The van der Waals surface area contributed by atoms with Crippen LogP contribution in [0.15, 0.2) is 12.1 Å². The highest BCUT2D eigenvalue weighted by Crippen LogP contribution is 2.09. The molecule has 2 N–H and O–H groups in total. The number of urea groups is 1. The first-order valence-electron chi connectivity index (χ1n) is 7.02. The van der Waals surface area contributed by atoms with Crippen LogP contribution >= 0.6 is 0 Å². The SMILES string of the molecule is CCOc1ccc2nnc(CNC(=O)N[C@@H](C)CC)n2n1. The van der Waals surface area contributed by atoms with Gasteiger partial charge in [-0.15, -0.1) is 15.3 Å². The molecule has 0 saturated heterocycles. The van der Waals surface area contributed by atoms with Crippen molar-refractivity contribution in [2.75, 3.05) is 6.61 Å². The van der Waals surface area contributed by atoms with Crippen LogP contribution in [0.5, 0.6) is 5.88 Å². The summed E-state index contributed by atoms with van der Waals surface area (Å²) in [5.41, 5.74) is 0.609. The minimum absolute atomic E-state index is 0.128. The molecule has 0 bridgehead atoms. The Hall–Kier alpha value is -2.38. The van der Waals surface area contributed by atoms with Crippen molar-refractivity contribution in [1.29, 1.82) is 0 Å². The van der Waals surface area contributed by atoms with E-state index < -0.39 is 0 Å². The molecule has 21 heavy (non-hydrogen) atoms. The van der Waals surface area contributed by atoms with Gasteiger partial charge in [0, 0.05) is 12.1 Å². The summed E-state index contributed by atoms with van der Waals surface area (Å²) in [4.78, 5) is 11.7. The Morgan fingerprint density at radius 1 is 1.38 bits per heavy atom. The fraction of sp³-hybridized carbons (Fsp3) is 0.538. The number of nitrogens with zero attached hydrogens (tertiary/aromatic N) is 4. The predicted molar refractivity (Wildman–Crippen MR) is 77.1 cm³/mol. The van der Waals surface area contributed by atoms with E-state index in [4.69, 9.17) is 4.74 Å². The Bertz CT molecular complexity index is 612. The lowest BCUT2D eigenvalue weighted by Gasteiger charge is -2.11. The molecule has 0 aliphatic heterocycles. The molecule has 2 aromatic heterocycles. The zero-order valence-electron chi connectivity index (χ0n) is 12.5. The molecule has 2 heterocycles. The predicted octanol–water partition coefficient (Wildman–Crippen LogP) is 1.12. The standard InChI is InChI=1S/C13H20N6O2/c1-4-9(3)15-13(20)14-8-11-17-16-10-6-7-12(21-5-2)18-19(10)11/h6-7,9H,4-5,8H2,1-3H3,(H2,14,15,20)/t9-/m0/s1. The first-order chi connectivity index (χ1) is 10.1. The van der Waals surface area contributed by atoms with E-state index in [0.717, 1.165) is 6.42 Å². The number of aromatic nitrogens is 4. The van der Waals surface area contributed by atoms with Crippen LogP contribution in [0.2, 0.25) is 0 Å². The number of rotatable bonds is 6. The van der Waals surface area contributed by atoms with Gasteiger partial charge in [-0.05, 0) is 26.3 Å². The highest BCUT2D eigenvalue weighted by molar-refractivity contribution is 5.74. The Morgan fingerprint density at radius 3 is 2.90 bits per heavy atom. The largest absolute Gasteiger partial charge is 0.477 e. The molecule has 2 aromatic rings. The molecule has 0 aromatic carbocycles. The van der Waals surface area contributed by atoms with Crippen molar-refractivity contribution >= 4 is 11.7 Å². The summed E-state index contributed by atoms with van der Waals surface area (Å²) in [5.74, 6) is 1.04. The summed E-state index contributed by atoms with van der Waals surface area (Å²) in [5, 5.41) is 17.9. The first-order valence-corrected chi connectivity index (χ1v) is 7.02. The molecule has 0 fully saturated rings. The van der Waals surface area contributed by atoms with Crippen LogP contribution in [0.3, 0.4) is 0 Å². The molecule has 2 rings (SSSR count). The van der Waals surface area contributed by atoms with Gasteiger partial charge in [0.05, 0.1) is 13.2 Å². The normalized spacial score (nSPS) is 12.1. The van der Waals surface area contributed by atoms with E-state index in [1.54, 1.807) is 16.6 Å². The van der Waals surface area contributed by atoms with Crippen LogP contribution in [0.4, 0.5) is 4.79 Å². The molecule has 1 atom stereocenters. The van der Waals surface area contributed by atoms with Gasteiger partial charge in [0.25, 0.3) is 0 Å². The molecule has 8 heteroatoms.